The van der Waals surface area contributed by atoms with E-state index in [1.165, 1.54) is 17.8 Å². The maximum Gasteiger partial charge on any atom is 0.259 e. The number of aromatic nitrogens is 2. The Morgan fingerprint density at radius 2 is 1.89 bits per heavy atom. The molecule has 0 aliphatic rings. The zero-order valence-corrected chi connectivity index (χ0v) is 11.6. The fourth-order valence-electron chi connectivity index (χ4n) is 2.49. The number of hydrogen-bond acceptors (Lipinski definition) is 0. The van der Waals surface area contributed by atoms with Crippen LogP contribution in [-0.2, 0) is 13.1 Å². The van der Waals surface area contributed by atoms with E-state index in [4.69, 9.17) is 0 Å². The molecule has 1 aromatic carbocycles. The summed E-state index contributed by atoms with van der Waals surface area (Å²) in [4.78, 5) is 0. The predicted molar refractivity (Wildman–Crippen MR) is 74.6 cm³/mol. The lowest BCUT2D eigenvalue weighted by atomic mass is 10.2. The zero-order chi connectivity index (χ0) is 13.0. The highest BCUT2D eigenvalue weighted by Crippen LogP contribution is 2.12. The Morgan fingerprint density at radius 3 is 2.50 bits per heavy atom. The van der Waals surface area contributed by atoms with E-state index in [1.54, 1.807) is 0 Å². The van der Waals surface area contributed by atoms with Gasteiger partial charge in [-0.25, -0.2) is 9.13 Å². The molecule has 0 saturated carbocycles. The molecule has 1 aromatic heterocycles. The van der Waals surface area contributed by atoms with Crippen LogP contribution in [0.1, 0.15) is 44.5 Å². The number of aryl methyl sites for hydroxylation is 1. The zero-order valence-electron chi connectivity index (χ0n) is 11.6. The van der Waals surface area contributed by atoms with Gasteiger partial charge in [0.15, 0.2) is 0 Å². The Morgan fingerprint density at radius 1 is 1.17 bits per heavy atom. The van der Waals surface area contributed by atoms with Gasteiger partial charge in [0.25, 0.3) is 5.82 Å². The molecule has 0 amide bonds. The van der Waals surface area contributed by atoms with Crippen molar-refractivity contribution in [2.75, 3.05) is 0 Å². The Kier molecular flexibility index (Phi) is 4.19. The van der Waals surface area contributed by atoms with Crippen molar-refractivity contribution < 1.29 is 4.57 Å². The molecule has 0 N–H and O–H groups in total. The third-order valence-corrected chi connectivity index (χ3v) is 3.19. The lowest BCUT2D eigenvalue weighted by Gasteiger charge is -2.07. The van der Waals surface area contributed by atoms with Crippen molar-refractivity contribution >= 4 is 0 Å². The summed E-state index contributed by atoms with van der Waals surface area (Å²) < 4.78 is 4.75. The van der Waals surface area contributed by atoms with E-state index < -0.39 is 0 Å². The smallest absolute Gasteiger partial charge is 0.234 e. The minimum atomic E-state index is 0.551. The molecule has 0 aliphatic heterocycles. The molecule has 2 rings (SSSR count). The van der Waals surface area contributed by atoms with Crippen LogP contribution in [-0.4, -0.2) is 4.57 Å². The van der Waals surface area contributed by atoms with Crippen molar-refractivity contribution in [3.8, 4) is 0 Å². The van der Waals surface area contributed by atoms with E-state index in [-0.39, 0.29) is 0 Å². The minimum Gasteiger partial charge on any atom is -0.234 e. The molecule has 2 nitrogen and oxygen atoms in total. The lowest BCUT2D eigenvalue weighted by molar-refractivity contribution is -0.696. The van der Waals surface area contributed by atoms with Crippen LogP contribution in [0.25, 0.3) is 0 Å². The number of hydrogen-bond donors (Lipinski definition) is 0. The average Bonchev–Trinajstić information content (AvgIpc) is 2.74. The van der Waals surface area contributed by atoms with Gasteiger partial charge in [-0.2, -0.15) is 0 Å². The average molecular weight is 243 g/mol. The van der Waals surface area contributed by atoms with Gasteiger partial charge >= 0.3 is 0 Å². The summed E-state index contributed by atoms with van der Waals surface area (Å²) in [6.07, 6.45) is 5.60. The molecule has 0 saturated heterocycles. The molecule has 2 aromatic rings. The number of rotatable bonds is 5. The number of benzene rings is 1. The van der Waals surface area contributed by atoms with Crippen LogP contribution < -0.4 is 4.57 Å². The first-order valence-electron chi connectivity index (χ1n) is 6.84. The van der Waals surface area contributed by atoms with Crippen LogP contribution in [0.4, 0.5) is 0 Å². The summed E-state index contributed by atoms with van der Waals surface area (Å²) in [7, 11) is 0. The van der Waals surface area contributed by atoms with E-state index in [0.717, 1.165) is 13.1 Å². The van der Waals surface area contributed by atoms with Crippen molar-refractivity contribution in [3.63, 3.8) is 0 Å². The molecular formula is C16H23N2+. The first-order chi connectivity index (χ1) is 8.72. The Bertz CT molecular complexity index is 483. The summed E-state index contributed by atoms with van der Waals surface area (Å²) in [6, 6.07) is 10.7. The molecule has 2 heteroatoms. The normalized spacial score (nSPS) is 11.1. The summed E-state index contributed by atoms with van der Waals surface area (Å²) in [5, 5.41) is 0. The van der Waals surface area contributed by atoms with Gasteiger partial charge in [0.05, 0.1) is 12.5 Å². The molecule has 0 bridgehead atoms. The van der Waals surface area contributed by atoms with Gasteiger partial charge in [0.1, 0.15) is 18.9 Å². The quantitative estimate of drug-likeness (QED) is 0.712. The van der Waals surface area contributed by atoms with Crippen LogP contribution in [0, 0.1) is 0 Å². The van der Waals surface area contributed by atoms with Crippen LogP contribution in [0.15, 0.2) is 42.7 Å². The highest BCUT2D eigenvalue weighted by molar-refractivity contribution is 5.13. The molecule has 96 valence electrons. The maximum absolute atomic E-state index is 2.38. The number of imidazole rings is 1. The summed E-state index contributed by atoms with van der Waals surface area (Å²) in [6.45, 7) is 8.83. The monoisotopic (exact) mass is 243 g/mol. The Labute approximate surface area is 110 Å². The largest absolute Gasteiger partial charge is 0.259 e. The van der Waals surface area contributed by atoms with E-state index in [0.29, 0.717) is 5.92 Å². The molecule has 0 aliphatic carbocycles. The highest BCUT2D eigenvalue weighted by Gasteiger charge is 2.19. The van der Waals surface area contributed by atoms with Crippen LogP contribution in [0.3, 0.4) is 0 Å². The van der Waals surface area contributed by atoms with Gasteiger partial charge in [-0.05, 0) is 12.0 Å². The topological polar surface area (TPSA) is 8.81 Å². The van der Waals surface area contributed by atoms with E-state index in [9.17, 15) is 0 Å². The fourth-order valence-corrected chi connectivity index (χ4v) is 2.49. The molecule has 0 atom stereocenters. The number of nitrogens with zero attached hydrogens (tertiary/aromatic N) is 2. The lowest BCUT2D eigenvalue weighted by Crippen LogP contribution is -2.38. The van der Waals surface area contributed by atoms with E-state index >= 15 is 0 Å². The molecular weight excluding hydrogens is 220 g/mol. The highest BCUT2D eigenvalue weighted by atomic mass is 15.1. The van der Waals surface area contributed by atoms with Crippen molar-refractivity contribution in [2.24, 2.45) is 0 Å². The van der Waals surface area contributed by atoms with Gasteiger partial charge in [0.2, 0.25) is 0 Å². The van der Waals surface area contributed by atoms with Crippen LogP contribution in [0.2, 0.25) is 0 Å². The first-order valence-corrected chi connectivity index (χ1v) is 6.84. The Balaban J connectivity index is 2.28. The third kappa shape index (κ3) is 2.81. The minimum absolute atomic E-state index is 0.551. The van der Waals surface area contributed by atoms with Crippen molar-refractivity contribution in [1.29, 1.82) is 0 Å². The molecule has 0 radical (unpaired) electrons. The molecule has 18 heavy (non-hydrogen) atoms. The summed E-state index contributed by atoms with van der Waals surface area (Å²) in [5.41, 5.74) is 1.36. The van der Waals surface area contributed by atoms with Crippen molar-refractivity contribution in [3.05, 3.63) is 54.1 Å². The second-order valence-electron chi connectivity index (χ2n) is 5.12. The first kappa shape index (κ1) is 12.9. The standard InChI is InChI=1S/C16H23N2/c1-4-10-17-11-12-18(16(17)14(2)3)13-15-8-6-5-7-9-15/h5-9,11-12,14H,4,10,13H2,1-3H3/q+1. The SMILES string of the molecule is CCCn1cc[n+](Cc2ccccc2)c1C(C)C. The van der Waals surface area contributed by atoms with Crippen LogP contribution in [0.5, 0.6) is 0 Å². The van der Waals surface area contributed by atoms with Gasteiger partial charge in [-0.3, -0.25) is 0 Å². The van der Waals surface area contributed by atoms with E-state index in [2.05, 4.69) is 72.6 Å². The molecule has 1 heterocycles. The summed E-state index contributed by atoms with van der Waals surface area (Å²) in [5.74, 6) is 1.97. The summed E-state index contributed by atoms with van der Waals surface area (Å²) >= 11 is 0. The molecule has 0 fully saturated rings. The fraction of sp³-hybridized carbons (Fsp3) is 0.438. The molecule has 0 unspecified atom stereocenters. The van der Waals surface area contributed by atoms with Crippen LogP contribution >= 0.6 is 0 Å². The van der Waals surface area contributed by atoms with Gasteiger partial charge in [-0.1, -0.05) is 51.1 Å². The molecule has 0 spiro atoms. The third-order valence-electron chi connectivity index (χ3n) is 3.19. The van der Waals surface area contributed by atoms with Gasteiger partial charge in [0, 0.05) is 0 Å². The second-order valence-corrected chi connectivity index (χ2v) is 5.12. The second kappa shape index (κ2) is 5.85. The maximum atomic E-state index is 2.38. The van der Waals surface area contributed by atoms with Gasteiger partial charge < -0.3 is 0 Å². The Hall–Kier alpha value is -1.57. The van der Waals surface area contributed by atoms with E-state index in [1.807, 2.05) is 0 Å². The van der Waals surface area contributed by atoms with Crippen molar-refractivity contribution in [2.45, 2.75) is 46.2 Å². The van der Waals surface area contributed by atoms with Gasteiger partial charge in [-0.15, -0.1) is 0 Å². The van der Waals surface area contributed by atoms with Crippen molar-refractivity contribution in [1.82, 2.24) is 4.57 Å². The predicted octanol–water partition coefficient (Wildman–Crippen LogP) is 3.36.